The number of benzene rings is 2. The molecular formula is C16H18N2O5S. The fraction of sp³-hybridized carbons (Fsp3) is 0.250. The van der Waals surface area contributed by atoms with Gasteiger partial charge in [-0.2, -0.15) is 0 Å². The molecule has 0 aliphatic rings. The Labute approximate surface area is 140 Å². The van der Waals surface area contributed by atoms with E-state index in [-0.39, 0.29) is 17.1 Å². The van der Waals surface area contributed by atoms with Gasteiger partial charge in [-0.1, -0.05) is 35.9 Å². The number of anilines is 1. The lowest BCUT2D eigenvalue weighted by Crippen LogP contribution is -2.14. The van der Waals surface area contributed by atoms with Crippen LogP contribution in [0.2, 0.25) is 0 Å². The van der Waals surface area contributed by atoms with E-state index in [0.717, 1.165) is 11.8 Å². The van der Waals surface area contributed by atoms with Crippen LogP contribution in [0, 0.1) is 17.0 Å². The summed E-state index contributed by atoms with van der Waals surface area (Å²) in [5, 5.41) is 24.3. The Morgan fingerprint density at radius 1 is 1.25 bits per heavy atom. The van der Waals surface area contributed by atoms with Gasteiger partial charge in [-0.3, -0.25) is 10.1 Å². The normalized spacial score (nSPS) is 12.6. The Hall–Kier alpha value is -2.45. The third kappa shape index (κ3) is 4.09. The highest BCUT2D eigenvalue weighted by atomic mass is 32.2. The number of aliphatic hydroxyl groups is 1. The summed E-state index contributed by atoms with van der Waals surface area (Å²) in [7, 11) is -3.74. The molecule has 0 aliphatic heterocycles. The number of sulfone groups is 1. The average Bonchev–Trinajstić information content (AvgIpc) is 2.51. The fourth-order valence-electron chi connectivity index (χ4n) is 2.35. The molecule has 24 heavy (non-hydrogen) atoms. The predicted octanol–water partition coefficient (Wildman–Crippen LogP) is 2.45. The van der Waals surface area contributed by atoms with E-state index in [0.29, 0.717) is 5.56 Å². The van der Waals surface area contributed by atoms with Crippen LogP contribution in [-0.4, -0.2) is 31.2 Å². The van der Waals surface area contributed by atoms with E-state index in [2.05, 4.69) is 5.32 Å². The van der Waals surface area contributed by atoms with E-state index in [9.17, 15) is 23.6 Å². The summed E-state index contributed by atoms with van der Waals surface area (Å²) in [5.41, 5.74) is 1.19. The minimum atomic E-state index is -3.74. The lowest BCUT2D eigenvalue weighted by molar-refractivity contribution is -0.386. The number of aliphatic hydroxyl groups excluding tert-OH is 1. The van der Waals surface area contributed by atoms with Crippen molar-refractivity contribution in [3.05, 3.63) is 63.7 Å². The number of para-hydroxylation sites is 1. The maximum atomic E-state index is 11.7. The Morgan fingerprint density at radius 2 is 1.92 bits per heavy atom. The number of hydrogen-bond donors (Lipinski definition) is 2. The molecule has 2 aromatic rings. The van der Waals surface area contributed by atoms with Gasteiger partial charge in [0.1, 0.15) is 10.6 Å². The summed E-state index contributed by atoms with van der Waals surface area (Å²) in [4.78, 5) is 10.2. The Kier molecular flexibility index (Phi) is 5.20. The van der Waals surface area contributed by atoms with Crippen LogP contribution in [0.1, 0.15) is 17.2 Å². The van der Waals surface area contributed by atoms with Crippen LogP contribution in [0.5, 0.6) is 0 Å². The third-order valence-electron chi connectivity index (χ3n) is 3.49. The van der Waals surface area contributed by atoms with Crippen molar-refractivity contribution in [2.24, 2.45) is 0 Å². The van der Waals surface area contributed by atoms with Crippen LogP contribution in [-0.2, 0) is 9.84 Å². The quantitative estimate of drug-likeness (QED) is 0.612. The van der Waals surface area contributed by atoms with Gasteiger partial charge in [-0.15, -0.1) is 0 Å². The van der Waals surface area contributed by atoms with Crippen molar-refractivity contribution in [3.8, 4) is 0 Å². The topological polar surface area (TPSA) is 110 Å². The molecule has 0 fully saturated rings. The van der Waals surface area contributed by atoms with E-state index >= 15 is 0 Å². The van der Waals surface area contributed by atoms with Crippen LogP contribution in [0.3, 0.4) is 0 Å². The van der Waals surface area contributed by atoms with Crippen LogP contribution in [0.25, 0.3) is 0 Å². The number of nitro groups is 1. The molecule has 7 nitrogen and oxygen atoms in total. The number of aryl methyl sites for hydroxylation is 1. The maximum Gasteiger partial charge on any atom is 0.310 e. The molecule has 2 aromatic carbocycles. The molecule has 128 valence electrons. The highest BCUT2D eigenvalue weighted by Gasteiger charge is 2.26. The number of nitrogens with zero attached hydrogens (tertiary/aromatic N) is 1. The van der Waals surface area contributed by atoms with Gasteiger partial charge < -0.3 is 10.4 Å². The number of hydrogen-bond acceptors (Lipinski definition) is 6. The second-order valence-electron chi connectivity index (χ2n) is 5.49. The van der Waals surface area contributed by atoms with E-state index in [1.165, 1.54) is 18.2 Å². The molecule has 2 rings (SSSR count). The lowest BCUT2D eigenvalue weighted by Gasteiger charge is -2.14. The van der Waals surface area contributed by atoms with E-state index in [4.69, 9.17) is 0 Å². The zero-order chi connectivity index (χ0) is 17.9. The average molecular weight is 350 g/mol. The predicted molar refractivity (Wildman–Crippen MR) is 90.8 cm³/mol. The third-order valence-corrected chi connectivity index (χ3v) is 4.62. The van der Waals surface area contributed by atoms with Crippen LogP contribution < -0.4 is 5.32 Å². The molecule has 0 saturated carbocycles. The molecule has 0 aliphatic carbocycles. The SMILES string of the molecule is Cc1cccc(C(O)CNc2cccc(S(C)(=O)=O)c2[N+](=O)[O-])c1. The second kappa shape index (κ2) is 6.98. The zero-order valence-corrected chi connectivity index (χ0v) is 14.1. The van der Waals surface area contributed by atoms with Gasteiger partial charge >= 0.3 is 5.69 Å². The zero-order valence-electron chi connectivity index (χ0n) is 13.3. The molecule has 0 radical (unpaired) electrons. The summed E-state index contributed by atoms with van der Waals surface area (Å²) in [5.74, 6) is 0. The fourth-order valence-corrected chi connectivity index (χ4v) is 3.22. The standard InChI is InChI=1S/C16H18N2O5S/c1-11-5-3-6-12(9-11)14(19)10-17-13-7-4-8-15(24(2,22)23)16(13)18(20)21/h3-9,14,17,19H,10H2,1-2H3. The van der Waals surface area contributed by atoms with Gasteiger partial charge in [0.05, 0.1) is 11.0 Å². The van der Waals surface area contributed by atoms with Crippen LogP contribution in [0.15, 0.2) is 47.4 Å². The monoisotopic (exact) mass is 350 g/mol. The summed E-state index contributed by atoms with van der Waals surface area (Å²) in [6.07, 6.45) is 0.0344. The molecule has 0 bridgehead atoms. The summed E-state index contributed by atoms with van der Waals surface area (Å²) in [6.45, 7) is 1.90. The van der Waals surface area contributed by atoms with Gasteiger partial charge in [0.25, 0.3) is 0 Å². The molecule has 0 spiro atoms. The molecule has 2 N–H and O–H groups in total. The number of nitrogens with one attached hydrogen (secondary N) is 1. The van der Waals surface area contributed by atoms with Crippen molar-refractivity contribution in [1.82, 2.24) is 0 Å². The van der Waals surface area contributed by atoms with Crippen molar-refractivity contribution in [3.63, 3.8) is 0 Å². The minimum Gasteiger partial charge on any atom is -0.387 e. The van der Waals surface area contributed by atoms with Gasteiger partial charge in [0, 0.05) is 12.8 Å². The largest absolute Gasteiger partial charge is 0.387 e. The van der Waals surface area contributed by atoms with Crippen molar-refractivity contribution >= 4 is 21.2 Å². The first-order valence-corrected chi connectivity index (χ1v) is 9.05. The molecule has 0 aromatic heterocycles. The smallest absolute Gasteiger partial charge is 0.310 e. The molecule has 0 heterocycles. The summed E-state index contributed by atoms with van der Waals surface area (Å²) < 4.78 is 23.5. The Morgan fingerprint density at radius 3 is 2.50 bits per heavy atom. The van der Waals surface area contributed by atoms with Gasteiger partial charge in [-0.05, 0) is 24.6 Å². The molecule has 1 atom stereocenters. The van der Waals surface area contributed by atoms with Gasteiger partial charge in [0.15, 0.2) is 9.84 Å². The van der Waals surface area contributed by atoms with E-state index in [1.54, 1.807) is 12.1 Å². The van der Waals surface area contributed by atoms with Crippen molar-refractivity contribution < 1.29 is 18.4 Å². The number of nitro benzene ring substituents is 1. The van der Waals surface area contributed by atoms with Crippen molar-refractivity contribution in [1.29, 1.82) is 0 Å². The first-order chi connectivity index (χ1) is 11.2. The van der Waals surface area contributed by atoms with Gasteiger partial charge in [0.2, 0.25) is 0 Å². The Balaban J connectivity index is 2.29. The van der Waals surface area contributed by atoms with Crippen LogP contribution >= 0.6 is 0 Å². The summed E-state index contributed by atoms with van der Waals surface area (Å²) >= 11 is 0. The lowest BCUT2D eigenvalue weighted by atomic mass is 10.1. The molecule has 8 heteroatoms. The molecule has 0 saturated heterocycles. The highest BCUT2D eigenvalue weighted by molar-refractivity contribution is 7.90. The summed E-state index contributed by atoms with van der Waals surface area (Å²) in [6, 6.07) is 11.3. The van der Waals surface area contributed by atoms with Crippen molar-refractivity contribution in [2.45, 2.75) is 17.9 Å². The second-order valence-corrected chi connectivity index (χ2v) is 7.48. The van der Waals surface area contributed by atoms with E-state index < -0.39 is 26.6 Å². The first-order valence-electron chi connectivity index (χ1n) is 7.16. The molecule has 0 amide bonds. The first kappa shape index (κ1) is 17.9. The highest BCUT2D eigenvalue weighted by Crippen LogP contribution is 2.32. The Bertz CT molecular complexity index is 865. The van der Waals surface area contributed by atoms with Crippen LogP contribution in [0.4, 0.5) is 11.4 Å². The minimum absolute atomic E-state index is 0.0114. The number of rotatable bonds is 6. The molecular weight excluding hydrogens is 332 g/mol. The molecule has 1 unspecified atom stereocenters. The van der Waals surface area contributed by atoms with E-state index in [1.807, 2.05) is 19.1 Å². The maximum absolute atomic E-state index is 11.7. The van der Waals surface area contributed by atoms with Crippen molar-refractivity contribution in [2.75, 3.05) is 18.1 Å². The van der Waals surface area contributed by atoms with Gasteiger partial charge in [-0.25, -0.2) is 8.42 Å².